The predicted molar refractivity (Wildman–Crippen MR) is 117 cm³/mol. The summed E-state index contributed by atoms with van der Waals surface area (Å²) < 4.78 is 5.05. The van der Waals surface area contributed by atoms with Crippen molar-refractivity contribution < 1.29 is 24.2 Å². The highest BCUT2D eigenvalue weighted by Crippen LogP contribution is 2.17. The Labute approximate surface area is 186 Å². The first-order valence-corrected chi connectivity index (χ1v) is 10.8. The van der Waals surface area contributed by atoms with Gasteiger partial charge in [-0.25, -0.2) is 4.79 Å². The van der Waals surface area contributed by atoms with E-state index in [0.29, 0.717) is 24.8 Å². The Morgan fingerprint density at radius 1 is 1.17 bits per heavy atom. The monoisotopic (exact) mass is 461 g/mol. The number of hydrogen-bond acceptors (Lipinski definition) is 6. The molecule has 0 spiro atoms. The zero-order valence-corrected chi connectivity index (χ0v) is 18.5. The van der Waals surface area contributed by atoms with Crippen LogP contribution in [0.2, 0.25) is 0 Å². The Bertz CT molecular complexity index is 682. The number of amides is 1. The molecule has 0 radical (unpaired) electrons. The fourth-order valence-electron chi connectivity index (χ4n) is 2.78. The summed E-state index contributed by atoms with van der Waals surface area (Å²) in [5.41, 5.74) is 7.50. The second kappa shape index (κ2) is 14.1. The molecule has 0 unspecified atom stereocenters. The van der Waals surface area contributed by atoms with Crippen molar-refractivity contribution in [2.75, 3.05) is 36.4 Å². The second-order valence-corrected chi connectivity index (χ2v) is 7.34. The lowest BCUT2D eigenvalue weighted by atomic mass is 10.0. The van der Waals surface area contributed by atoms with Crippen molar-refractivity contribution in [3.8, 4) is 0 Å². The van der Waals surface area contributed by atoms with Gasteiger partial charge in [0.2, 0.25) is 5.91 Å². The third-order valence-corrected chi connectivity index (χ3v) is 4.68. The number of esters is 1. The van der Waals surface area contributed by atoms with E-state index in [1.54, 1.807) is 6.92 Å². The first kappa shape index (κ1) is 26.0. The van der Waals surface area contributed by atoms with E-state index in [1.165, 1.54) is 0 Å². The summed E-state index contributed by atoms with van der Waals surface area (Å²) in [6.07, 6.45) is -0.0505. The van der Waals surface area contributed by atoms with Crippen molar-refractivity contribution in [1.29, 1.82) is 0 Å². The number of halogens is 2. The molecule has 4 N–H and O–H groups in total. The maximum absolute atomic E-state index is 12.3. The normalized spacial score (nSPS) is 12.7. The van der Waals surface area contributed by atoms with Crippen LogP contribution < -0.4 is 16.0 Å². The summed E-state index contributed by atoms with van der Waals surface area (Å²) in [4.78, 5) is 37.3. The van der Waals surface area contributed by atoms with E-state index < -0.39 is 29.9 Å². The second-order valence-electron chi connectivity index (χ2n) is 6.59. The molecule has 1 aromatic rings. The number of carboxylic acids is 1. The van der Waals surface area contributed by atoms with E-state index >= 15 is 0 Å². The molecule has 0 aliphatic rings. The molecular weight excluding hydrogens is 433 g/mol. The van der Waals surface area contributed by atoms with Crippen LogP contribution in [0.3, 0.4) is 0 Å². The van der Waals surface area contributed by atoms with Crippen molar-refractivity contribution in [1.82, 2.24) is 5.32 Å². The van der Waals surface area contributed by atoms with Gasteiger partial charge in [-0.05, 0) is 31.0 Å². The fraction of sp³-hybridized carbons (Fsp3) is 0.550. The van der Waals surface area contributed by atoms with Crippen LogP contribution in [0.25, 0.3) is 0 Å². The number of alkyl halides is 2. The molecule has 0 bridgehead atoms. The molecular formula is C20H29Cl2N3O5. The van der Waals surface area contributed by atoms with Crippen molar-refractivity contribution in [3.63, 3.8) is 0 Å². The van der Waals surface area contributed by atoms with Gasteiger partial charge < -0.3 is 25.8 Å². The maximum Gasteiger partial charge on any atom is 0.328 e. The summed E-state index contributed by atoms with van der Waals surface area (Å²) in [6.45, 7) is 3.15. The standard InChI is InChI=1S/C20H29Cl2N3O5/c1-2-30-20(29)17(24-19(28)16(23)7-8-18(26)27)13-14-3-5-15(6-4-14)25(11-9-21)12-10-22/h3-6,16-17H,2,7-13,23H2,1H3,(H,24,28)(H,26,27)/t16-,17-/m1/s1. The minimum atomic E-state index is -1.04. The average Bonchev–Trinajstić information content (AvgIpc) is 2.72. The molecule has 0 heterocycles. The van der Waals surface area contributed by atoms with Crippen molar-refractivity contribution in [2.24, 2.45) is 5.73 Å². The summed E-state index contributed by atoms with van der Waals surface area (Å²) in [5, 5.41) is 11.3. The van der Waals surface area contributed by atoms with E-state index in [2.05, 4.69) is 10.2 Å². The van der Waals surface area contributed by atoms with E-state index in [0.717, 1.165) is 11.3 Å². The van der Waals surface area contributed by atoms with E-state index in [9.17, 15) is 14.4 Å². The molecule has 0 saturated heterocycles. The Morgan fingerprint density at radius 3 is 2.27 bits per heavy atom. The number of benzene rings is 1. The third kappa shape index (κ3) is 9.19. The van der Waals surface area contributed by atoms with Crippen LogP contribution in [0.1, 0.15) is 25.3 Å². The van der Waals surface area contributed by atoms with Crippen LogP contribution in [0.5, 0.6) is 0 Å². The van der Waals surface area contributed by atoms with Crippen LogP contribution in [-0.2, 0) is 25.5 Å². The zero-order valence-electron chi connectivity index (χ0n) is 17.0. The Hall–Kier alpha value is -2.03. The summed E-state index contributed by atoms with van der Waals surface area (Å²) in [6, 6.07) is 5.55. The van der Waals surface area contributed by atoms with Crippen LogP contribution in [0, 0.1) is 0 Å². The van der Waals surface area contributed by atoms with Crippen molar-refractivity contribution in [2.45, 2.75) is 38.3 Å². The largest absolute Gasteiger partial charge is 0.481 e. The van der Waals surface area contributed by atoms with Gasteiger partial charge in [0, 0.05) is 43.4 Å². The smallest absolute Gasteiger partial charge is 0.328 e. The van der Waals surface area contributed by atoms with Crippen LogP contribution in [0.15, 0.2) is 24.3 Å². The lowest BCUT2D eigenvalue weighted by Crippen LogP contribution is -2.50. The molecule has 2 atom stereocenters. The topological polar surface area (TPSA) is 122 Å². The van der Waals surface area contributed by atoms with Gasteiger partial charge in [0.25, 0.3) is 0 Å². The lowest BCUT2D eigenvalue weighted by molar-refractivity contribution is -0.147. The van der Waals surface area contributed by atoms with Crippen LogP contribution >= 0.6 is 23.2 Å². The molecule has 1 aromatic carbocycles. The highest BCUT2D eigenvalue weighted by Gasteiger charge is 2.25. The zero-order chi connectivity index (χ0) is 22.5. The van der Waals surface area contributed by atoms with Crippen molar-refractivity contribution >= 4 is 46.7 Å². The van der Waals surface area contributed by atoms with Crippen molar-refractivity contribution in [3.05, 3.63) is 29.8 Å². The van der Waals surface area contributed by atoms with Gasteiger partial charge in [-0.2, -0.15) is 0 Å². The number of nitrogens with one attached hydrogen (secondary N) is 1. The third-order valence-electron chi connectivity index (χ3n) is 4.34. The fourth-order valence-corrected chi connectivity index (χ4v) is 3.19. The first-order chi connectivity index (χ1) is 14.3. The molecule has 168 valence electrons. The first-order valence-electron chi connectivity index (χ1n) is 9.72. The van der Waals surface area contributed by atoms with Gasteiger partial charge in [0.1, 0.15) is 6.04 Å². The number of ether oxygens (including phenoxy) is 1. The molecule has 8 nitrogen and oxygen atoms in total. The van der Waals surface area contributed by atoms with Gasteiger partial charge >= 0.3 is 11.9 Å². The van der Waals surface area contributed by atoms with Gasteiger partial charge in [-0.3, -0.25) is 9.59 Å². The average molecular weight is 462 g/mol. The number of hydrogen-bond donors (Lipinski definition) is 3. The van der Waals surface area contributed by atoms with Gasteiger partial charge in [0.05, 0.1) is 12.6 Å². The summed E-state index contributed by atoms with van der Waals surface area (Å²) in [5.74, 6) is -1.28. The number of carbonyl (C=O) groups excluding carboxylic acids is 2. The number of carboxylic acid groups (broad SMARTS) is 1. The van der Waals surface area contributed by atoms with Crippen LogP contribution in [-0.4, -0.2) is 66.5 Å². The number of nitrogens with two attached hydrogens (primary N) is 1. The minimum absolute atomic E-state index is 0.0254. The van der Waals surface area contributed by atoms with Gasteiger partial charge in [-0.15, -0.1) is 23.2 Å². The van der Waals surface area contributed by atoms with Gasteiger partial charge in [0.15, 0.2) is 0 Å². The number of carbonyl (C=O) groups is 3. The predicted octanol–water partition coefficient (Wildman–Crippen LogP) is 1.75. The Morgan fingerprint density at radius 2 is 1.77 bits per heavy atom. The molecule has 1 rings (SSSR count). The SMILES string of the molecule is CCOC(=O)[C@@H](Cc1ccc(N(CCCl)CCCl)cc1)NC(=O)[C@H](N)CCC(=O)O. The van der Waals surface area contributed by atoms with Crippen LogP contribution in [0.4, 0.5) is 5.69 Å². The number of aliphatic carboxylic acids is 1. The molecule has 0 saturated carbocycles. The molecule has 10 heteroatoms. The highest BCUT2D eigenvalue weighted by molar-refractivity contribution is 6.18. The van der Waals surface area contributed by atoms with E-state index in [1.807, 2.05) is 24.3 Å². The molecule has 0 aliphatic carbocycles. The minimum Gasteiger partial charge on any atom is -0.481 e. The molecule has 30 heavy (non-hydrogen) atoms. The number of anilines is 1. The lowest BCUT2D eigenvalue weighted by Gasteiger charge is -2.23. The van der Waals surface area contributed by atoms with E-state index in [4.69, 9.17) is 38.8 Å². The van der Waals surface area contributed by atoms with Gasteiger partial charge in [-0.1, -0.05) is 12.1 Å². The molecule has 0 fully saturated rings. The molecule has 1 amide bonds. The summed E-state index contributed by atoms with van der Waals surface area (Å²) >= 11 is 11.7. The molecule has 0 aliphatic heterocycles. The number of nitrogens with zero attached hydrogens (tertiary/aromatic N) is 1. The summed E-state index contributed by atoms with van der Waals surface area (Å²) in [7, 11) is 0. The highest BCUT2D eigenvalue weighted by atomic mass is 35.5. The quantitative estimate of drug-likeness (QED) is 0.285. The van der Waals surface area contributed by atoms with E-state index in [-0.39, 0.29) is 25.9 Å². The number of rotatable bonds is 14. The Kier molecular flexibility index (Phi) is 12.2. The Balaban J connectivity index is 2.85. The maximum atomic E-state index is 12.3. The molecule has 0 aromatic heterocycles.